The van der Waals surface area contributed by atoms with Crippen molar-refractivity contribution in [2.75, 3.05) is 6.54 Å². The molecule has 3 nitrogen and oxygen atoms in total. The summed E-state index contributed by atoms with van der Waals surface area (Å²) in [6.07, 6.45) is 8.27. The Labute approximate surface area is 112 Å². The average molecular weight is 271 g/mol. The summed E-state index contributed by atoms with van der Waals surface area (Å²) in [6, 6.07) is 0. The van der Waals surface area contributed by atoms with Crippen LogP contribution in [0, 0.1) is 11.8 Å². The van der Waals surface area contributed by atoms with Gasteiger partial charge in [0.15, 0.2) is 4.34 Å². The molecule has 1 heterocycles. The highest BCUT2D eigenvalue weighted by Crippen LogP contribution is 2.41. The second-order valence-electron chi connectivity index (χ2n) is 4.83. The molecule has 1 aromatic heterocycles. The first-order valence-electron chi connectivity index (χ1n) is 6.46. The van der Waals surface area contributed by atoms with Gasteiger partial charge in [0.05, 0.1) is 0 Å². The zero-order valence-corrected chi connectivity index (χ0v) is 12.0. The Kier molecular flexibility index (Phi) is 5.25. The van der Waals surface area contributed by atoms with Crippen molar-refractivity contribution in [2.24, 2.45) is 17.6 Å². The number of nitrogens with zero attached hydrogens (tertiary/aromatic N) is 2. The SMILES string of the molecule is CCCC1CCC(CN)C(Sc2ncns2)C1. The first-order chi connectivity index (χ1) is 8.33. The van der Waals surface area contributed by atoms with Crippen LogP contribution >= 0.6 is 23.3 Å². The summed E-state index contributed by atoms with van der Waals surface area (Å²) in [4.78, 5) is 4.28. The third kappa shape index (κ3) is 3.66. The van der Waals surface area contributed by atoms with Gasteiger partial charge in [-0.3, -0.25) is 0 Å². The van der Waals surface area contributed by atoms with Crippen molar-refractivity contribution < 1.29 is 0 Å². The van der Waals surface area contributed by atoms with Crippen LogP contribution in [0.2, 0.25) is 0 Å². The molecule has 0 radical (unpaired) electrons. The molecule has 1 aliphatic carbocycles. The zero-order chi connectivity index (χ0) is 12.1. The van der Waals surface area contributed by atoms with E-state index in [1.54, 1.807) is 6.33 Å². The monoisotopic (exact) mass is 271 g/mol. The molecule has 0 aromatic carbocycles. The summed E-state index contributed by atoms with van der Waals surface area (Å²) in [5.74, 6) is 1.56. The van der Waals surface area contributed by atoms with Crippen molar-refractivity contribution in [3.05, 3.63) is 6.33 Å². The third-order valence-electron chi connectivity index (χ3n) is 3.63. The summed E-state index contributed by atoms with van der Waals surface area (Å²) in [5.41, 5.74) is 5.90. The van der Waals surface area contributed by atoms with Gasteiger partial charge in [-0.15, -0.1) is 0 Å². The normalized spacial score (nSPS) is 29.4. The van der Waals surface area contributed by atoms with Crippen LogP contribution < -0.4 is 5.73 Å². The van der Waals surface area contributed by atoms with E-state index < -0.39 is 0 Å². The summed E-state index contributed by atoms with van der Waals surface area (Å²) < 4.78 is 5.17. The Morgan fingerprint density at radius 2 is 2.41 bits per heavy atom. The minimum absolute atomic E-state index is 0.651. The lowest BCUT2D eigenvalue weighted by Crippen LogP contribution is -2.32. The molecule has 3 atom stereocenters. The molecule has 3 unspecified atom stereocenters. The molecule has 0 bridgehead atoms. The smallest absolute Gasteiger partial charge is 0.170 e. The summed E-state index contributed by atoms with van der Waals surface area (Å²) >= 11 is 3.40. The van der Waals surface area contributed by atoms with E-state index >= 15 is 0 Å². The predicted molar refractivity (Wildman–Crippen MR) is 74.3 cm³/mol. The molecular weight excluding hydrogens is 250 g/mol. The standard InChI is InChI=1S/C12H21N3S2/c1-2-3-9-4-5-10(7-13)11(6-9)16-12-14-8-15-17-12/h8-11H,2-7,13H2,1H3. The highest BCUT2D eigenvalue weighted by atomic mass is 32.2. The van der Waals surface area contributed by atoms with E-state index in [1.165, 1.54) is 43.6 Å². The molecule has 1 aromatic rings. The third-order valence-corrected chi connectivity index (χ3v) is 5.79. The van der Waals surface area contributed by atoms with E-state index in [0.29, 0.717) is 11.2 Å². The summed E-state index contributed by atoms with van der Waals surface area (Å²) in [6.45, 7) is 3.09. The van der Waals surface area contributed by atoms with Crippen molar-refractivity contribution in [3.63, 3.8) is 0 Å². The van der Waals surface area contributed by atoms with Crippen LogP contribution in [-0.2, 0) is 0 Å². The van der Waals surface area contributed by atoms with Gasteiger partial charge < -0.3 is 5.73 Å². The van der Waals surface area contributed by atoms with Gasteiger partial charge in [-0.1, -0.05) is 37.9 Å². The molecule has 0 amide bonds. The van der Waals surface area contributed by atoms with Crippen LogP contribution in [0.4, 0.5) is 0 Å². The first-order valence-corrected chi connectivity index (χ1v) is 8.12. The van der Waals surface area contributed by atoms with Gasteiger partial charge in [0.2, 0.25) is 0 Å². The van der Waals surface area contributed by atoms with Gasteiger partial charge >= 0.3 is 0 Å². The molecule has 0 aliphatic heterocycles. The molecule has 2 rings (SSSR count). The Morgan fingerprint density at radius 1 is 1.53 bits per heavy atom. The van der Waals surface area contributed by atoms with Gasteiger partial charge in [0, 0.05) is 5.25 Å². The summed E-state index contributed by atoms with van der Waals surface area (Å²) in [7, 11) is 0. The lowest BCUT2D eigenvalue weighted by molar-refractivity contribution is 0.276. The fourth-order valence-electron chi connectivity index (χ4n) is 2.70. The fraction of sp³-hybridized carbons (Fsp3) is 0.833. The van der Waals surface area contributed by atoms with E-state index in [9.17, 15) is 0 Å². The maximum absolute atomic E-state index is 5.90. The Bertz CT molecular complexity index is 316. The van der Waals surface area contributed by atoms with Crippen molar-refractivity contribution in [1.82, 2.24) is 9.36 Å². The number of hydrogen-bond donors (Lipinski definition) is 1. The Hall–Kier alpha value is -0.130. The molecule has 1 aliphatic rings. The molecule has 1 fully saturated rings. The lowest BCUT2D eigenvalue weighted by atomic mass is 9.80. The van der Waals surface area contributed by atoms with Crippen molar-refractivity contribution in [2.45, 2.75) is 48.6 Å². The maximum atomic E-state index is 5.90. The lowest BCUT2D eigenvalue weighted by Gasteiger charge is -2.34. The fourth-order valence-corrected chi connectivity index (χ4v) is 4.83. The largest absolute Gasteiger partial charge is 0.330 e. The van der Waals surface area contributed by atoms with E-state index in [-0.39, 0.29) is 0 Å². The summed E-state index contributed by atoms with van der Waals surface area (Å²) in [5, 5.41) is 0.651. The van der Waals surface area contributed by atoms with Crippen molar-refractivity contribution in [3.8, 4) is 0 Å². The van der Waals surface area contributed by atoms with Gasteiger partial charge in [-0.2, -0.15) is 4.37 Å². The van der Waals surface area contributed by atoms with E-state index in [4.69, 9.17) is 5.73 Å². The van der Waals surface area contributed by atoms with Crippen molar-refractivity contribution in [1.29, 1.82) is 0 Å². The average Bonchev–Trinajstić information content (AvgIpc) is 2.83. The van der Waals surface area contributed by atoms with Gasteiger partial charge in [-0.05, 0) is 42.8 Å². The topological polar surface area (TPSA) is 51.8 Å². The number of hydrogen-bond acceptors (Lipinski definition) is 5. The highest BCUT2D eigenvalue weighted by Gasteiger charge is 2.30. The number of rotatable bonds is 5. The van der Waals surface area contributed by atoms with Gasteiger partial charge in [-0.25, -0.2) is 4.98 Å². The number of aromatic nitrogens is 2. The van der Waals surface area contributed by atoms with Crippen LogP contribution in [0.25, 0.3) is 0 Å². The van der Waals surface area contributed by atoms with Crippen LogP contribution in [0.3, 0.4) is 0 Å². The minimum Gasteiger partial charge on any atom is -0.330 e. The van der Waals surface area contributed by atoms with Crippen LogP contribution in [0.1, 0.15) is 39.0 Å². The Balaban J connectivity index is 1.94. The molecular formula is C12H21N3S2. The van der Waals surface area contributed by atoms with Crippen LogP contribution in [-0.4, -0.2) is 21.2 Å². The minimum atomic E-state index is 0.651. The molecule has 0 spiro atoms. The molecule has 0 saturated heterocycles. The predicted octanol–water partition coefficient (Wildman–Crippen LogP) is 3.17. The van der Waals surface area contributed by atoms with E-state index in [1.807, 2.05) is 11.8 Å². The first kappa shape index (κ1) is 13.3. The van der Waals surface area contributed by atoms with Crippen molar-refractivity contribution >= 4 is 23.3 Å². The quantitative estimate of drug-likeness (QED) is 0.893. The highest BCUT2D eigenvalue weighted by molar-refractivity contribution is 8.01. The molecule has 17 heavy (non-hydrogen) atoms. The molecule has 2 N–H and O–H groups in total. The number of thioether (sulfide) groups is 1. The van der Waals surface area contributed by atoms with Crippen LogP contribution in [0.15, 0.2) is 10.7 Å². The molecule has 1 saturated carbocycles. The van der Waals surface area contributed by atoms with Crippen LogP contribution in [0.5, 0.6) is 0 Å². The second-order valence-corrected chi connectivity index (χ2v) is 7.09. The molecule has 96 valence electrons. The van der Waals surface area contributed by atoms with Gasteiger partial charge in [0.25, 0.3) is 0 Å². The van der Waals surface area contributed by atoms with E-state index in [0.717, 1.165) is 16.8 Å². The Morgan fingerprint density at radius 3 is 3.06 bits per heavy atom. The van der Waals surface area contributed by atoms with Gasteiger partial charge in [0.1, 0.15) is 6.33 Å². The number of nitrogens with two attached hydrogens (primary N) is 1. The second kappa shape index (κ2) is 6.71. The maximum Gasteiger partial charge on any atom is 0.170 e. The molecule has 5 heteroatoms. The van der Waals surface area contributed by atoms with E-state index in [2.05, 4.69) is 16.3 Å². The zero-order valence-electron chi connectivity index (χ0n) is 10.3.